The predicted octanol–water partition coefficient (Wildman–Crippen LogP) is 3.22. The molecule has 0 saturated carbocycles. The molecule has 1 amide bonds. The number of nitrogens with one attached hydrogen (secondary N) is 1. The highest BCUT2D eigenvalue weighted by atomic mass is 16.5. The zero-order valence-electron chi connectivity index (χ0n) is 15.1. The van der Waals surface area contributed by atoms with E-state index in [1.54, 1.807) is 49.4 Å². The van der Waals surface area contributed by atoms with Crippen LogP contribution >= 0.6 is 0 Å². The van der Waals surface area contributed by atoms with Crippen molar-refractivity contribution in [3.63, 3.8) is 0 Å². The standard InChI is InChI=1S/C20H19NO6/c1-12(20(23)21-14-8-16(24-2)10-17(9-14)25-3)26-15-6-4-13-5-7-19(22)27-18(13)11-15/h4-12H,1-3H3,(H,21,23). The Hall–Kier alpha value is -3.48. The minimum Gasteiger partial charge on any atom is -0.497 e. The Morgan fingerprint density at radius 2 is 1.63 bits per heavy atom. The highest BCUT2D eigenvalue weighted by molar-refractivity contribution is 5.94. The van der Waals surface area contributed by atoms with Crippen molar-refractivity contribution in [2.45, 2.75) is 13.0 Å². The number of carbonyl (C=O) groups excluding carboxylic acids is 1. The van der Waals surface area contributed by atoms with Gasteiger partial charge in [0.2, 0.25) is 0 Å². The molecule has 3 rings (SSSR count). The summed E-state index contributed by atoms with van der Waals surface area (Å²) in [6.07, 6.45) is -0.782. The molecule has 7 nitrogen and oxygen atoms in total. The second kappa shape index (κ2) is 7.82. The molecule has 0 fully saturated rings. The Labute approximate surface area is 155 Å². The van der Waals surface area contributed by atoms with Gasteiger partial charge >= 0.3 is 5.63 Å². The predicted molar refractivity (Wildman–Crippen MR) is 101 cm³/mol. The largest absolute Gasteiger partial charge is 0.497 e. The maximum Gasteiger partial charge on any atom is 0.336 e. The van der Waals surface area contributed by atoms with E-state index in [0.717, 1.165) is 5.39 Å². The van der Waals surface area contributed by atoms with E-state index < -0.39 is 11.7 Å². The molecule has 0 aliphatic rings. The van der Waals surface area contributed by atoms with Crippen LogP contribution in [0.25, 0.3) is 11.0 Å². The number of rotatable bonds is 6. The lowest BCUT2D eigenvalue weighted by molar-refractivity contribution is -0.122. The van der Waals surface area contributed by atoms with E-state index in [2.05, 4.69) is 5.32 Å². The van der Waals surface area contributed by atoms with E-state index in [0.29, 0.717) is 28.5 Å². The quantitative estimate of drug-likeness (QED) is 0.672. The number of benzene rings is 2. The Morgan fingerprint density at radius 1 is 0.963 bits per heavy atom. The van der Waals surface area contributed by atoms with Gasteiger partial charge in [0.15, 0.2) is 6.10 Å². The summed E-state index contributed by atoms with van der Waals surface area (Å²) in [6, 6.07) is 13.1. The van der Waals surface area contributed by atoms with Crippen molar-refractivity contribution < 1.29 is 23.4 Å². The molecule has 3 aromatic rings. The lowest BCUT2D eigenvalue weighted by Crippen LogP contribution is -2.30. The van der Waals surface area contributed by atoms with Crippen molar-refractivity contribution >= 4 is 22.6 Å². The maximum atomic E-state index is 12.4. The SMILES string of the molecule is COc1cc(NC(=O)C(C)Oc2ccc3ccc(=O)oc3c2)cc(OC)c1. The number of fused-ring (bicyclic) bond motifs is 1. The van der Waals surface area contributed by atoms with Gasteiger partial charge in [-0.3, -0.25) is 4.79 Å². The molecule has 7 heteroatoms. The third-order valence-electron chi connectivity index (χ3n) is 3.90. The van der Waals surface area contributed by atoms with Crippen molar-refractivity contribution in [1.29, 1.82) is 0 Å². The number of carbonyl (C=O) groups is 1. The van der Waals surface area contributed by atoms with Gasteiger partial charge in [0, 0.05) is 41.4 Å². The van der Waals surface area contributed by atoms with Gasteiger partial charge in [-0.05, 0) is 25.1 Å². The van der Waals surface area contributed by atoms with Crippen molar-refractivity contribution in [2.24, 2.45) is 0 Å². The molecule has 1 N–H and O–H groups in total. The Morgan fingerprint density at radius 3 is 2.30 bits per heavy atom. The van der Waals surface area contributed by atoms with Gasteiger partial charge in [0.05, 0.1) is 14.2 Å². The van der Waals surface area contributed by atoms with E-state index in [1.807, 2.05) is 0 Å². The van der Waals surface area contributed by atoms with Crippen LogP contribution in [0.15, 0.2) is 57.7 Å². The molecule has 0 spiro atoms. The minimum absolute atomic E-state index is 0.347. The molecular formula is C20H19NO6. The molecule has 140 valence electrons. The highest BCUT2D eigenvalue weighted by Gasteiger charge is 2.16. The van der Waals surface area contributed by atoms with Crippen LogP contribution in [0.5, 0.6) is 17.2 Å². The second-order valence-electron chi connectivity index (χ2n) is 5.80. The number of anilines is 1. The molecule has 0 saturated heterocycles. The number of ether oxygens (including phenoxy) is 3. The van der Waals surface area contributed by atoms with E-state index in [-0.39, 0.29) is 5.91 Å². The van der Waals surface area contributed by atoms with Crippen molar-refractivity contribution in [3.05, 3.63) is 59.0 Å². The fraction of sp³-hybridized carbons (Fsp3) is 0.200. The Bertz CT molecular complexity index is 1000. The Kier molecular flexibility index (Phi) is 5.30. The van der Waals surface area contributed by atoms with Crippen LogP contribution in [0.4, 0.5) is 5.69 Å². The highest BCUT2D eigenvalue weighted by Crippen LogP contribution is 2.26. The molecule has 27 heavy (non-hydrogen) atoms. The molecule has 1 heterocycles. The number of amides is 1. The molecule has 1 unspecified atom stereocenters. The molecule has 0 bridgehead atoms. The summed E-state index contributed by atoms with van der Waals surface area (Å²) in [5, 5.41) is 3.53. The first kappa shape index (κ1) is 18.3. The maximum absolute atomic E-state index is 12.4. The van der Waals surface area contributed by atoms with E-state index in [4.69, 9.17) is 18.6 Å². The monoisotopic (exact) mass is 369 g/mol. The van der Waals surface area contributed by atoms with Crippen LogP contribution in [0.2, 0.25) is 0 Å². The first-order valence-corrected chi connectivity index (χ1v) is 8.23. The summed E-state index contributed by atoms with van der Waals surface area (Å²) in [4.78, 5) is 23.8. The van der Waals surface area contributed by atoms with Crippen molar-refractivity contribution in [2.75, 3.05) is 19.5 Å². The summed E-state index contributed by atoms with van der Waals surface area (Å²) >= 11 is 0. The summed E-state index contributed by atoms with van der Waals surface area (Å²) < 4.78 is 21.2. The number of hydrogen-bond donors (Lipinski definition) is 1. The topological polar surface area (TPSA) is 87.0 Å². The first-order chi connectivity index (χ1) is 13.0. The van der Waals surface area contributed by atoms with Crippen LogP contribution in [0, 0.1) is 0 Å². The third kappa shape index (κ3) is 4.38. The summed E-state index contributed by atoms with van der Waals surface area (Å²) in [5.74, 6) is 1.19. The lowest BCUT2D eigenvalue weighted by atomic mass is 10.2. The van der Waals surface area contributed by atoms with E-state index in [1.165, 1.54) is 20.3 Å². The summed E-state index contributed by atoms with van der Waals surface area (Å²) in [7, 11) is 3.06. The molecule has 1 aromatic heterocycles. The van der Waals surface area contributed by atoms with Crippen molar-refractivity contribution in [3.8, 4) is 17.2 Å². The van der Waals surface area contributed by atoms with Crippen LogP contribution in [0.1, 0.15) is 6.92 Å². The average Bonchev–Trinajstić information content (AvgIpc) is 2.67. The summed E-state index contributed by atoms with van der Waals surface area (Å²) in [5.41, 5.74) is 0.471. The van der Waals surface area contributed by atoms with Gasteiger partial charge in [-0.1, -0.05) is 0 Å². The van der Waals surface area contributed by atoms with Gasteiger partial charge in [-0.15, -0.1) is 0 Å². The first-order valence-electron chi connectivity index (χ1n) is 8.23. The number of methoxy groups -OCH3 is 2. The minimum atomic E-state index is -0.782. The van der Waals surface area contributed by atoms with Crippen LogP contribution in [-0.2, 0) is 4.79 Å². The van der Waals surface area contributed by atoms with Gasteiger partial charge in [-0.2, -0.15) is 0 Å². The van der Waals surface area contributed by atoms with Gasteiger partial charge in [0.25, 0.3) is 5.91 Å². The van der Waals surface area contributed by atoms with Gasteiger partial charge in [0.1, 0.15) is 22.8 Å². The van der Waals surface area contributed by atoms with E-state index >= 15 is 0 Å². The van der Waals surface area contributed by atoms with Gasteiger partial charge < -0.3 is 23.9 Å². The molecule has 1 atom stereocenters. The average molecular weight is 369 g/mol. The molecule has 2 aromatic carbocycles. The van der Waals surface area contributed by atoms with Crippen LogP contribution < -0.4 is 25.2 Å². The fourth-order valence-electron chi connectivity index (χ4n) is 2.50. The Balaban J connectivity index is 1.73. The van der Waals surface area contributed by atoms with Gasteiger partial charge in [-0.25, -0.2) is 4.79 Å². The van der Waals surface area contributed by atoms with Crippen molar-refractivity contribution in [1.82, 2.24) is 0 Å². The van der Waals surface area contributed by atoms with E-state index in [9.17, 15) is 9.59 Å². The molecule has 0 aliphatic heterocycles. The normalized spacial score (nSPS) is 11.7. The lowest BCUT2D eigenvalue weighted by Gasteiger charge is -2.16. The molecule has 0 radical (unpaired) electrons. The van der Waals surface area contributed by atoms with Crippen LogP contribution in [0.3, 0.4) is 0 Å². The molecule has 0 aliphatic carbocycles. The zero-order valence-corrected chi connectivity index (χ0v) is 15.1. The molecular weight excluding hydrogens is 350 g/mol. The smallest absolute Gasteiger partial charge is 0.336 e. The third-order valence-corrected chi connectivity index (χ3v) is 3.90. The summed E-state index contributed by atoms with van der Waals surface area (Å²) in [6.45, 7) is 1.62. The van der Waals surface area contributed by atoms with Crippen LogP contribution in [-0.4, -0.2) is 26.2 Å². The number of hydrogen-bond acceptors (Lipinski definition) is 6. The second-order valence-corrected chi connectivity index (χ2v) is 5.80. The fourth-order valence-corrected chi connectivity index (χ4v) is 2.50. The zero-order chi connectivity index (χ0) is 19.4.